The van der Waals surface area contributed by atoms with Crippen molar-refractivity contribution in [3.8, 4) is 0 Å². The number of hydrogen-bond donors (Lipinski definition) is 3. The van der Waals surface area contributed by atoms with Crippen molar-refractivity contribution < 1.29 is 0 Å². The van der Waals surface area contributed by atoms with E-state index in [2.05, 4.69) is 136 Å². The van der Waals surface area contributed by atoms with Crippen molar-refractivity contribution in [1.29, 1.82) is 0 Å². The fourth-order valence-electron chi connectivity index (χ4n) is 5.91. The van der Waals surface area contributed by atoms with Crippen LogP contribution in [0.1, 0.15) is 17.3 Å². The summed E-state index contributed by atoms with van der Waals surface area (Å²) in [6.45, 7) is 0.565. The van der Waals surface area contributed by atoms with Crippen molar-refractivity contribution >= 4 is 40.0 Å². The van der Waals surface area contributed by atoms with Gasteiger partial charge < -0.3 is 20.9 Å². The van der Waals surface area contributed by atoms with Gasteiger partial charge in [-0.15, -0.1) is 0 Å². The molecule has 6 nitrogen and oxygen atoms in total. The minimum absolute atomic E-state index is 0.110. The maximum Gasteiger partial charge on any atom is 0.131 e. The molecule has 1 heterocycles. The standard InChI is InChI=1S/C40H36N6/c41-36-23-13-14-24-37(36)45(29-38-42-39(30-15-5-1-6-16-30)44-40(43-38)31-17-7-2-8-18-31)32-25-27-35(28-26-32)46(33-19-9-3-10-20-33)34-21-11-4-12-22-34/h1-28,38-39,42H,29,41H2,(H,43,44). The molecule has 6 heteroatoms. The van der Waals surface area contributed by atoms with E-state index in [0.717, 1.165) is 45.4 Å². The van der Waals surface area contributed by atoms with E-state index in [-0.39, 0.29) is 12.3 Å². The Morgan fingerprint density at radius 3 is 1.65 bits per heavy atom. The Bertz CT molecular complexity index is 1840. The number of amidine groups is 1. The average Bonchev–Trinajstić information content (AvgIpc) is 3.13. The number of anilines is 6. The van der Waals surface area contributed by atoms with Gasteiger partial charge in [0.05, 0.1) is 17.9 Å². The topological polar surface area (TPSA) is 68.9 Å². The van der Waals surface area contributed by atoms with E-state index in [0.29, 0.717) is 12.2 Å². The molecule has 0 radical (unpaired) electrons. The number of hydrogen-bond acceptors (Lipinski definition) is 6. The van der Waals surface area contributed by atoms with Gasteiger partial charge in [-0.05, 0) is 66.2 Å². The van der Waals surface area contributed by atoms with Gasteiger partial charge in [-0.1, -0.05) is 109 Å². The van der Waals surface area contributed by atoms with Crippen LogP contribution in [-0.2, 0) is 0 Å². The predicted molar refractivity (Wildman–Crippen MR) is 191 cm³/mol. The zero-order valence-corrected chi connectivity index (χ0v) is 25.4. The molecule has 0 saturated carbocycles. The van der Waals surface area contributed by atoms with E-state index < -0.39 is 0 Å². The number of benzene rings is 6. The Labute approximate surface area is 270 Å². The van der Waals surface area contributed by atoms with Crippen molar-refractivity contribution in [2.75, 3.05) is 22.1 Å². The van der Waals surface area contributed by atoms with Gasteiger partial charge in [0.15, 0.2) is 0 Å². The SMILES string of the molecule is Nc1ccccc1N(CC1N=C(c2ccccc2)NC(c2ccccc2)N1)c1ccc(N(c2ccccc2)c2ccccc2)cc1. The van der Waals surface area contributed by atoms with E-state index in [1.807, 2.05) is 54.6 Å². The summed E-state index contributed by atoms with van der Waals surface area (Å²) in [7, 11) is 0. The maximum atomic E-state index is 6.61. The molecule has 7 rings (SSSR count). The second kappa shape index (κ2) is 13.4. The summed E-state index contributed by atoms with van der Waals surface area (Å²) >= 11 is 0. The predicted octanol–water partition coefficient (Wildman–Crippen LogP) is 8.54. The monoisotopic (exact) mass is 600 g/mol. The lowest BCUT2D eigenvalue weighted by atomic mass is 10.1. The maximum absolute atomic E-state index is 6.61. The summed E-state index contributed by atoms with van der Waals surface area (Å²) < 4.78 is 0. The van der Waals surface area contributed by atoms with E-state index in [4.69, 9.17) is 10.7 Å². The fourth-order valence-corrected chi connectivity index (χ4v) is 5.91. The van der Waals surface area contributed by atoms with E-state index in [9.17, 15) is 0 Å². The van der Waals surface area contributed by atoms with E-state index in [1.165, 1.54) is 0 Å². The molecule has 1 aliphatic rings. The second-order valence-electron chi connectivity index (χ2n) is 11.2. The van der Waals surface area contributed by atoms with Crippen LogP contribution in [0.4, 0.5) is 34.1 Å². The third-order valence-electron chi connectivity index (χ3n) is 8.14. The zero-order valence-electron chi connectivity index (χ0n) is 25.4. The van der Waals surface area contributed by atoms with Crippen molar-refractivity contribution in [2.24, 2.45) is 4.99 Å². The summed E-state index contributed by atoms with van der Waals surface area (Å²) in [5, 5.41) is 7.36. The van der Waals surface area contributed by atoms with Crippen LogP contribution in [0.25, 0.3) is 0 Å². The van der Waals surface area contributed by atoms with Crippen LogP contribution in [-0.4, -0.2) is 18.5 Å². The van der Waals surface area contributed by atoms with Crippen molar-refractivity contribution in [2.45, 2.75) is 12.3 Å². The molecule has 2 unspecified atom stereocenters. The molecule has 1 aliphatic heterocycles. The van der Waals surface area contributed by atoms with Gasteiger partial charge in [0, 0.05) is 28.3 Å². The van der Waals surface area contributed by atoms with Crippen LogP contribution in [0.3, 0.4) is 0 Å². The first-order valence-electron chi connectivity index (χ1n) is 15.6. The van der Waals surface area contributed by atoms with Crippen LogP contribution in [0, 0.1) is 0 Å². The largest absolute Gasteiger partial charge is 0.397 e. The molecule has 0 spiro atoms. The van der Waals surface area contributed by atoms with Gasteiger partial charge >= 0.3 is 0 Å². The number of nitrogen functional groups attached to an aromatic ring is 1. The number of nitrogens with one attached hydrogen (secondary N) is 2. The third kappa shape index (κ3) is 6.34. The summed E-state index contributed by atoms with van der Waals surface area (Å²) in [4.78, 5) is 9.70. The average molecular weight is 601 g/mol. The van der Waals surface area contributed by atoms with Crippen LogP contribution < -0.4 is 26.2 Å². The van der Waals surface area contributed by atoms with Crippen LogP contribution in [0.5, 0.6) is 0 Å². The summed E-state index contributed by atoms with van der Waals surface area (Å²) in [6, 6.07) is 58.3. The van der Waals surface area contributed by atoms with Gasteiger partial charge in [-0.3, -0.25) is 5.32 Å². The van der Waals surface area contributed by atoms with Crippen molar-refractivity contribution in [3.63, 3.8) is 0 Å². The van der Waals surface area contributed by atoms with Crippen LogP contribution in [0.2, 0.25) is 0 Å². The number of nitrogens with two attached hydrogens (primary N) is 1. The molecule has 0 fully saturated rings. The first kappa shape index (κ1) is 28.9. The number of nitrogens with zero attached hydrogens (tertiary/aromatic N) is 3. The van der Waals surface area contributed by atoms with Gasteiger partial charge in [-0.2, -0.15) is 0 Å². The molecule has 4 N–H and O–H groups in total. The highest BCUT2D eigenvalue weighted by Gasteiger charge is 2.27. The molecule has 226 valence electrons. The van der Waals surface area contributed by atoms with Gasteiger partial charge in [-0.25, -0.2) is 4.99 Å². The molecule has 0 bridgehead atoms. The lowest BCUT2D eigenvalue weighted by molar-refractivity contribution is 0.404. The van der Waals surface area contributed by atoms with Gasteiger partial charge in [0.25, 0.3) is 0 Å². The number of aliphatic imine (C=N–C) groups is 1. The van der Waals surface area contributed by atoms with E-state index in [1.54, 1.807) is 0 Å². The molecule has 0 aliphatic carbocycles. The minimum Gasteiger partial charge on any atom is -0.397 e. The smallest absolute Gasteiger partial charge is 0.131 e. The Kier molecular flexibility index (Phi) is 8.43. The first-order chi connectivity index (χ1) is 22.7. The highest BCUT2D eigenvalue weighted by atomic mass is 15.3. The summed E-state index contributed by atoms with van der Waals surface area (Å²) in [6.07, 6.45) is -0.340. The molecule has 46 heavy (non-hydrogen) atoms. The van der Waals surface area contributed by atoms with Crippen molar-refractivity contribution in [1.82, 2.24) is 10.6 Å². The molecule has 2 atom stereocenters. The number of para-hydroxylation sites is 4. The Hall–Kier alpha value is -5.85. The molecule has 0 amide bonds. The minimum atomic E-state index is -0.230. The molecule has 6 aromatic rings. The normalized spacial score (nSPS) is 15.8. The zero-order chi connectivity index (χ0) is 31.1. The highest BCUT2D eigenvalue weighted by Crippen LogP contribution is 2.37. The molecular weight excluding hydrogens is 564 g/mol. The Balaban J connectivity index is 1.25. The Morgan fingerprint density at radius 2 is 1.04 bits per heavy atom. The molecule has 0 aromatic heterocycles. The lowest BCUT2D eigenvalue weighted by Crippen LogP contribution is -2.51. The summed E-state index contributed by atoms with van der Waals surface area (Å²) in [5.41, 5.74) is 14.7. The molecular formula is C40H36N6. The first-order valence-corrected chi connectivity index (χ1v) is 15.6. The van der Waals surface area contributed by atoms with Crippen LogP contribution in [0.15, 0.2) is 175 Å². The van der Waals surface area contributed by atoms with Crippen LogP contribution >= 0.6 is 0 Å². The fraction of sp³-hybridized carbons (Fsp3) is 0.0750. The van der Waals surface area contributed by atoms with E-state index >= 15 is 0 Å². The second-order valence-corrected chi connectivity index (χ2v) is 11.2. The third-order valence-corrected chi connectivity index (χ3v) is 8.14. The quantitative estimate of drug-likeness (QED) is 0.145. The number of rotatable bonds is 9. The summed E-state index contributed by atoms with van der Waals surface area (Å²) in [5.74, 6) is 0.857. The lowest BCUT2D eigenvalue weighted by Gasteiger charge is -2.36. The molecule has 0 saturated heterocycles. The molecule has 6 aromatic carbocycles. The van der Waals surface area contributed by atoms with Gasteiger partial charge in [0.1, 0.15) is 18.2 Å². The van der Waals surface area contributed by atoms with Crippen molar-refractivity contribution in [3.05, 3.63) is 181 Å². The Morgan fingerprint density at radius 1 is 0.543 bits per heavy atom. The van der Waals surface area contributed by atoms with Gasteiger partial charge in [0.2, 0.25) is 0 Å². The highest BCUT2D eigenvalue weighted by molar-refractivity contribution is 5.99.